The van der Waals surface area contributed by atoms with Gasteiger partial charge in [-0.05, 0) is 44.9 Å². The predicted octanol–water partition coefficient (Wildman–Crippen LogP) is 8.44. The number of carbonyl (C=O) groups is 3. The van der Waals surface area contributed by atoms with Crippen LogP contribution in [0.1, 0.15) is 174 Å². The van der Waals surface area contributed by atoms with Crippen molar-refractivity contribution in [2.75, 3.05) is 26.2 Å². The van der Waals surface area contributed by atoms with Crippen LogP contribution in [0.25, 0.3) is 0 Å². The minimum Gasteiger partial charge on any atom is -0.550 e. The van der Waals surface area contributed by atoms with E-state index in [0.29, 0.717) is 43.4 Å². The number of hydrogen-bond acceptors (Lipinski definition) is 4. The average Bonchev–Trinajstić information content (AvgIpc) is 2.95. The Hall–Kier alpha value is -1.89. The Morgan fingerprint density at radius 2 is 0.814 bits per heavy atom. The van der Waals surface area contributed by atoms with Crippen molar-refractivity contribution >= 4 is 17.9 Å². The van der Waals surface area contributed by atoms with Crippen LogP contribution in [0.15, 0.2) is 12.2 Å². The van der Waals surface area contributed by atoms with Crippen LogP contribution in [0.4, 0.5) is 0 Å². The molecule has 0 aliphatic heterocycles. The van der Waals surface area contributed by atoms with Crippen LogP contribution < -0.4 is 5.11 Å². The van der Waals surface area contributed by atoms with Gasteiger partial charge in [-0.1, -0.05) is 109 Å². The second-order valence-electron chi connectivity index (χ2n) is 12.8. The van der Waals surface area contributed by atoms with Gasteiger partial charge in [0.25, 0.3) is 0 Å². The van der Waals surface area contributed by atoms with Crippen LogP contribution in [0.3, 0.4) is 0 Å². The van der Waals surface area contributed by atoms with Crippen LogP contribution in [0.5, 0.6) is 0 Å². The monoisotopic (exact) mass is 609 g/mol. The largest absolute Gasteiger partial charge is 0.550 e. The number of hydrogen-bond donors (Lipinski definition) is 2. The van der Waals surface area contributed by atoms with Gasteiger partial charge in [-0.3, -0.25) is 9.59 Å². The van der Waals surface area contributed by atoms with Gasteiger partial charge in [-0.15, -0.1) is 0 Å². The molecule has 0 aromatic heterocycles. The summed E-state index contributed by atoms with van der Waals surface area (Å²) in [4.78, 5) is 33.1. The summed E-state index contributed by atoms with van der Waals surface area (Å²) < 4.78 is 0.613. The number of carboxylic acid groups (broad SMARTS) is 3. The van der Waals surface area contributed by atoms with E-state index >= 15 is 0 Å². The first-order valence-electron chi connectivity index (χ1n) is 17.9. The first-order valence-corrected chi connectivity index (χ1v) is 17.9. The molecule has 0 saturated carbocycles. The van der Waals surface area contributed by atoms with Crippen molar-refractivity contribution in [3.05, 3.63) is 12.2 Å². The highest BCUT2D eigenvalue weighted by molar-refractivity contribution is 5.66. The third-order valence-electron chi connectivity index (χ3n) is 8.70. The van der Waals surface area contributed by atoms with Crippen molar-refractivity contribution < 1.29 is 34.2 Å². The van der Waals surface area contributed by atoms with Gasteiger partial charge in [-0.25, -0.2) is 0 Å². The molecule has 0 atom stereocenters. The summed E-state index contributed by atoms with van der Waals surface area (Å²) in [5, 5.41) is 29.2. The van der Waals surface area contributed by atoms with Gasteiger partial charge >= 0.3 is 11.9 Å². The molecule has 0 spiro atoms. The van der Waals surface area contributed by atoms with Crippen molar-refractivity contribution in [1.29, 1.82) is 0 Å². The van der Waals surface area contributed by atoms with Crippen LogP contribution in [-0.4, -0.2) is 58.8 Å². The summed E-state index contributed by atoms with van der Waals surface area (Å²) in [6, 6.07) is 0. The van der Waals surface area contributed by atoms with Crippen LogP contribution in [-0.2, 0) is 14.4 Å². The lowest BCUT2D eigenvalue weighted by atomic mass is 10.0. The van der Waals surface area contributed by atoms with Crippen molar-refractivity contribution in [3.8, 4) is 0 Å². The molecule has 0 saturated heterocycles. The number of allylic oxidation sites excluding steroid dienone is 2. The minimum absolute atomic E-state index is 0.0203. The molecule has 43 heavy (non-hydrogen) atoms. The zero-order chi connectivity index (χ0) is 31.9. The molecule has 0 aromatic rings. The lowest BCUT2D eigenvalue weighted by Crippen LogP contribution is -2.51. The van der Waals surface area contributed by atoms with Gasteiger partial charge in [0.2, 0.25) is 0 Å². The van der Waals surface area contributed by atoms with E-state index in [4.69, 9.17) is 10.2 Å². The van der Waals surface area contributed by atoms with E-state index < -0.39 is 17.9 Å². The molecule has 0 rings (SSSR count). The summed E-state index contributed by atoms with van der Waals surface area (Å²) >= 11 is 0. The predicted molar refractivity (Wildman–Crippen MR) is 175 cm³/mol. The average molecular weight is 610 g/mol. The molecule has 0 amide bonds. The molecule has 252 valence electrons. The van der Waals surface area contributed by atoms with Crippen molar-refractivity contribution in [2.24, 2.45) is 0 Å². The van der Waals surface area contributed by atoms with Gasteiger partial charge in [-0.2, -0.15) is 0 Å². The lowest BCUT2D eigenvalue weighted by Gasteiger charge is -2.39. The van der Waals surface area contributed by atoms with E-state index in [0.717, 1.165) is 19.4 Å². The number of aliphatic carboxylic acids is 3. The van der Waals surface area contributed by atoms with Gasteiger partial charge in [0, 0.05) is 25.2 Å². The van der Waals surface area contributed by atoms with Crippen LogP contribution >= 0.6 is 0 Å². The maximum Gasteiger partial charge on any atom is 0.303 e. The maximum atomic E-state index is 11.1. The first-order chi connectivity index (χ1) is 20.8. The number of quaternary nitrogens is 1. The van der Waals surface area contributed by atoms with E-state index in [1.54, 1.807) is 0 Å². The van der Waals surface area contributed by atoms with Gasteiger partial charge in [0.15, 0.2) is 0 Å². The van der Waals surface area contributed by atoms with Crippen molar-refractivity contribution in [1.82, 2.24) is 0 Å². The van der Waals surface area contributed by atoms with Gasteiger partial charge in [0.05, 0.1) is 39.0 Å². The maximum absolute atomic E-state index is 11.1. The Balaban J connectivity index is 4.02. The molecular weight excluding hydrogens is 542 g/mol. The van der Waals surface area contributed by atoms with Gasteiger partial charge < -0.3 is 24.6 Å². The fourth-order valence-corrected chi connectivity index (χ4v) is 6.12. The van der Waals surface area contributed by atoms with Crippen LogP contribution in [0, 0.1) is 0 Å². The number of unbranched alkanes of at least 4 members (excludes halogenated alkanes) is 18. The minimum atomic E-state index is -1.07. The lowest BCUT2D eigenvalue weighted by molar-refractivity contribution is -0.929. The molecule has 7 heteroatoms. The van der Waals surface area contributed by atoms with E-state index in [1.807, 2.05) is 0 Å². The zero-order valence-corrected chi connectivity index (χ0v) is 27.8. The molecule has 0 bridgehead atoms. The third kappa shape index (κ3) is 29.9. The zero-order valence-electron chi connectivity index (χ0n) is 27.8. The smallest absolute Gasteiger partial charge is 0.303 e. The van der Waals surface area contributed by atoms with E-state index in [1.165, 1.54) is 116 Å². The molecule has 2 N–H and O–H groups in total. The Bertz CT molecular complexity index is 658. The Morgan fingerprint density at radius 1 is 0.488 bits per heavy atom. The third-order valence-corrected chi connectivity index (χ3v) is 8.70. The van der Waals surface area contributed by atoms with Crippen molar-refractivity contribution in [2.45, 2.75) is 174 Å². The number of nitrogens with zero attached hydrogens (tertiary/aromatic N) is 1. The highest BCUT2D eigenvalue weighted by Gasteiger charge is 2.26. The van der Waals surface area contributed by atoms with Gasteiger partial charge in [0.1, 0.15) is 0 Å². The summed E-state index contributed by atoms with van der Waals surface area (Å²) in [6.45, 7) is 5.04. The van der Waals surface area contributed by atoms with Crippen LogP contribution in [0.2, 0.25) is 0 Å². The summed E-state index contributed by atoms with van der Waals surface area (Å²) in [5.74, 6) is -2.74. The Labute approximate surface area is 264 Å². The van der Waals surface area contributed by atoms with E-state index in [9.17, 15) is 19.5 Å². The molecule has 7 nitrogen and oxygen atoms in total. The highest BCUT2D eigenvalue weighted by Crippen LogP contribution is 2.19. The highest BCUT2D eigenvalue weighted by atomic mass is 16.4. The molecule has 0 heterocycles. The standard InChI is InChI=1S/C36H67NO6/c1-2-3-4-5-6-7-8-9-10-11-12-13-14-15-16-17-18-19-20-21-22-23-30-37(31-24-27-34(38)39,32-25-28-35(40)41)33-26-29-36(42)43/h12-13H,2-11,14-33H2,1H3,(H2-,38,39,40,41,42,43)/b13-12+. The molecule has 0 aliphatic rings. The summed E-state index contributed by atoms with van der Waals surface area (Å²) in [7, 11) is 0. The second-order valence-corrected chi connectivity index (χ2v) is 12.8. The second kappa shape index (κ2) is 30.1. The topological polar surface area (TPSA) is 115 Å². The Kier molecular flexibility index (Phi) is 28.8. The number of rotatable bonds is 34. The summed E-state index contributed by atoms with van der Waals surface area (Å²) in [5.41, 5.74) is 0. The van der Waals surface area contributed by atoms with E-state index in [2.05, 4.69) is 19.1 Å². The fourth-order valence-electron chi connectivity index (χ4n) is 6.12. The molecule has 0 unspecified atom stereocenters. The summed E-state index contributed by atoms with van der Waals surface area (Å²) in [6.07, 6.45) is 32.3. The van der Waals surface area contributed by atoms with E-state index in [-0.39, 0.29) is 19.3 Å². The molecule has 0 aromatic carbocycles. The molecular formula is C36H67NO6. The number of carbonyl (C=O) groups excluding carboxylic acids is 1. The fraction of sp³-hybridized carbons (Fsp3) is 0.861. The Morgan fingerprint density at radius 3 is 1.19 bits per heavy atom. The molecule has 0 aliphatic carbocycles. The number of carboxylic acids is 3. The first kappa shape index (κ1) is 41.1. The molecule has 0 fully saturated rings. The quantitative estimate of drug-likeness (QED) is 0.0430. The van der Waals surface area contributed by atoms with Crippen molar-refractivity contribution in [3.63, 3.8) is 0 Å². The SMILES string of the molecule is CCCCCCCCCCC/C=C/CCCCCCCCCCC[N+](CCCC(=O)[O-])(CCCC(=O)O)CCCC(=O)O. The normalized spacial score (nSPS) is 11.8. The molecule has 0 radical (unpaired) electrons.